The molecule has 78 valence electrons. The molecule has 0 aromatic heterocycles. The van der Waals surface area contributed by atoms with Crippen LogP contribution < -0.4 is 5.73 Å². The van der Waals surface area contributed by atoms with Gasteiger partial charge in [0.15, 0.2) is 0 Å². The molecule has 0 amide bonds. The number of aliphatic hydroxyl groups excluding tert-OH is 1. The first-order valence-corrected chi connectivity index (χ1v) is 4.94. The summed E-state index contributed by atoms with van der Waals surface area (Å²) in [5.41, 5.74) is 5.40. The zero-order valence-electron chi connectivity index (χ0n) is 7.84. The molecule has 4 heteroatoms. The third-order valence-electron chi connectivity index (χ3n) is 3.42. The number of fused-ring (bicyclic) bond motifs is 2. The standard InChI is InChI=1S/C10H15NO3/c11-8(10(13)14)9(12)7-4-5-1-2-6(7)3-5/h1-2,5-9,12H,3-4,11H2,(H,13,14)/t5?,6?,7?,8-,9?/m0/s1. The van der Waals surface area contributed by atoms with E-state index in [0.29, 0.717) is 11.8 Å². The third-order valence-corrected chi connectivity index (χ3v) is 3.42. The number of allylic oxidation sites excluding steroid dienone is 2. The van der Waals surface area contributed by atoms with E-state index in [2.05, 4.69) is 12.2 Å². The lowest BCUT2D eigenvalue weighted by Gasteiger charge is -2.26. The predicted molar refractivity (Wildman–Crippen MR) is 50.5 cm³/mol. The van der Waals surface area contributed by atoms with E-state index < -0.39 is 18.1 Å². The topological polar surface area (TPSA) is 83.6 Å². The molecule has 4 nitrogen and oxygen atoms in total. The minimum atomic E-state index is -1.15. The van der Waals surface area contributed by atoms with Gasteiger partial charge in [-0.3, -0.25) is 4.79 Å². The van der Waals surface area contributed by atoms with E-state index in [-0.39, 0.29) is 5.92 Å². The van der Waals surface area contributed by atoms with Crippen LogP contribution in [0, 0.1) is 17.8 Å². The average molecular weight is 197 g/mol. The van der Waals surface area contributed by atoms with Crippen LogP contribution in [0.1, 0.15) is 12.8 Å². The molecule has 1 saturated carbocycles. The number of carboxylic acid groups (broad SMARTS) is 1. The van der Waals surface area contributed by atoms with Crippen molar-refractivity contribution in [2.75, 3.05) is 0 Å². The van der Waals surface area contributed by atoms with Gasteiger partial charge in [-0.05, 0) is 30.6 Å². The van der Waals surface area contributed by atoms with Crippen LogP contribution in [0.4, 0.5) is 0 Å². The van der Waals surface area contributed by atoms with Crippen molar-refractivity contribution in [1.82, 2.24) is 0 Å². The second-order valence-electron chi connectivity index (χ2n) is 4.30. The van der Waals surface area contributed by atoms with Crippen LogP contribution in [0.3, 0.4) is 0 Å². The summed E-state index contributed by atoms with van der Waals surface area (Å²) >= 11 is 0. The first kappa shape index (κ1) is 9.68. The molecule has 2 rings (SSSR count). The summed E-state index contributed by atoms with van der Waals surface area (Å²) in [5, 5.41) is 18.5. The monoisotopic (exact) mass is 197 g/mol. The Balaban J connectivity index is 2.02. The van der Waals surface area contributed by atoms with Crippen molar-refractivity contribution < 1.29 is 15.0 Å². The van der Waals surface area contributed by atoms with Gasteiger partial charge in [0.05, 0.1) is 6.10 Å². The van der Waals surface area contributed by atoms with Gasteiger partial charge < -0.3 is 15.9 Å². The highest BCUT2D eigenvalue weighted by atomic mass is 16.4. The molecule has 0 spiro atoms. The lowest BCUT2D eigenvalue weighted by Crippen LogP contribution is -2.46. The fraction of sp³-hybridized carbons (Fsp3) is 0.700. The quantitative estimate of drug-likeness (QED) is 0.555. The molecule has 5 atom stereocenters. The van der Waals surface area contributed by atoms with E-state index in [4.69, 9.17) is 10.8 Å². The first-order chi connectivity index (χ1) is 6.59. The van der Waals surface area contributed by atoms with Crippen LogP contribution in [-0.4, -0.2) is 28.3 Å². The maximum absolute atomic E-state index is 10.6. The molecule has 2 aliphatic rings. The van der Waals surface area contributed by atoms with Crippen molar-refractivity contribution in [3.8, 4) is 0 Å². The summed E-state index contributed by atoms with van der Waals surface area (Å²) in [6.07, 6.45) is 5.25. The summed E-state index contributed by atoms with van der Waals surface area (Å²) in [6.45, 7) is 0. The van der Waals surface area contributed by atoms with E-state index >= 15 is 0 Å². The van der Waals surface area contributed by atoms with Crippen molar-refractivity contribution in [3.63, 3.8) is 0 Å². The molecule has 1 fully saturated rings. The van der Waals surface area contributed by atoms with E-state index in [1.807, 2.05) is 0 Å². The summed E-state index contributed by atoms with van der Waals surface area (Å²) in [7, 11) is 0. The van der Waals surface area contributed by atoms with E-state index in [1.54, 1.807) is 0 Å². The highest BCUT2D eigenvalue weighted by molar-refractivity contribution is 5.74. The number of rotatable bonds is 3. The number of aliphatic hydroxyl groups is 1. The Labute approximate surface area is 82.4 Å². The van der Waals surface area contributed by atoms with Gasteiger partial charge in [0.1, 0.15) is 6.04 Å². The van der Waals surface area contributed by atoms with Gasteiger partial charge in [-0.2, -0.15) is 0 Å². The Bertz CT molecular complexity index is 277. The van der Waals surface area contributed by atoms with Crippen LogP contribution >= 0.6 is 0 Å². The second-order valence-corrected chi connectivity index (χ2v) is 4.30. The Hall–Kier alpha value is -0.870. The zero-order valence-corrected chi connectivity index (χ0v) is 7.84. The maximum atomic E-state index is 10.6. The number of carboxylic acids is 1. The molecule has 0 aromatic rings. The Kier molecular flexibility index (Phi) is 2.33. The number of carbonyl (C=O) groups is 1. The van der Waals surface area contributed by atoms with Crippen molar-refractivity contribution >= 4 is 5.97 Å². The molecule has 0 saturated heterocycles. The largest absolute Gasteiger partial charge is 0.480 e. The van der Waals surface area contributed by atoms with Gasteiger partial charge in [0.2, 0.25) is 0 Å². The van der Waals surface area contributed by atoms with Crippen LogP contribution in [0.2, 0.25) is 0 Å². The Morgan fingerprint density at radius 3 is 2.57 bits per heavy atom. The summed E-state index contributed by atoms with van der Waals surface area (Å²) in [5.74, 6) is -0.221. The third kappa shape index (κ3) is 1.44. The molecular weight excluding hydrogens is 182 g/mol. The normalized spacial score (nSPS) is 38.6. The van der Waals surface area contributed by atoms with Gasteiger partial charge in [-0.15, -0.1) is 0 Å². The second kappa shape index (κ2) is 3.37. The van der Waals surface area contributed by atoms with Crippen LogP contribution in [-0.2, 0) is 4.79 Å². The van der Waals surface area contributed by atoms with Crippen molar-refractivity contribution in [2.24, 2.45) is 23.5 Å². The molecule has 14 heavy (non-hydrogen) atoms. The number of nitrogens with two attached hydrogens (primary N) is 1. The lowest BCUT2D eigenvalue weighted by molar-refractivity contribution is -0.142. The lowest BCUT2D eigenvalue weighted by atomic mass is 9.85. The molecule has 4 unspecified atom stereocenters. The maximum Gasteiger partial charge on any atom is 0.323 e. The van der Waals surface area contributed by atoms with E-state index in [1.165, 1.54) is 0 Å². The minimum absolute atomic E-state index is 0.0381. The minimum Gasteiger partial charge on any atom is -0.480 e. The van der Waals surface area contributed by atoms with Crippen LogP contribution in [0.5, 0.6) is 0 Å². The predicted octanol–water partition coefficient (Wildman–Crippen LogP) is -0.0286. The van der Waals surface area contributed by atoms with E-state index in [0.717, 1.165) is 12.8 Å². The first-order valence-electron chi connectivity index (χ1n) is 4.94. The number of hydrogen-bond donors (Lipinski definition) is 3. The summed E-state index contributed by atoms with van der Waals surface area (Å²) in [6, 6.07) is -1.15. The molecule has 0 radical (unpaired) electrons. The van der Waals surface area contributed by atoms with Gasteiger partial charge in [-0.25, -0.2) is 0 Å². The highest BCUT2D eigenvalue weighted by Crippen LogP contribution is 2.45. The number of aliphatic carboxylic acids is 1. The fourth-order valence-corrected chi connectivity index (χ4v) is 2.63. The van der Waals surface area contributed by atoms with Crippen molar-refractivity contribution in [2.45, 2.75) is 25.0 Å². The smallest absolute Gasteiger partial charge is 0.323 e. The molecule has 0 aliphatic heterocycles. The van der Waals surface area contributed by atoms with Crippen LogP contribution in [0.25, 0.3) is 0 Å². The van der Waals surface area contributed by atoms with Gasteiger partial charge in [0.25, 0.3) is 0 Å². The zero-order chi connectivity index (χ0) is 10.3. The molecule has 0 aromatic carbocycles. The van der Waals surface area contributed by atoms with Gasteiger partial charge >= 0.3 is 5.97 Å². The van der Waals surface area contributed by atoms with Crippen LogP contribution in [0.15, 0.2) is 12.2 Å². The van der Waals surface area contributed by atoms with Gasteiger partial charge in [0, 0.05) is 0 Å². The highest BCUT2D eigenvalue weighted by Gasteiger charge is 2.42. The Morgan fingerprint density at radius 1 is 1.43 bits per heavy atom. The number of hydrogen-bond acceptors (Lipinski definition) is 3. The van der Waals surface area contributed by atoms with Crippen molar-refractivity contribution in [1.29, 1.82) is 0 Å². The average Bonchev–Trinajstić information content (AvgIpc) is 2.76. The van der Waals surface area contributed by atoms with Crippen molar-refractivity contribution in [3.05, 3.63) is 12.2 Å². The molecular formula is C10H15NO3. The fourth-order valence-electron chi connectivity index (χ4n) is 2.63. The molecule has 0 heterocycles. The summed E-state index contributed by atoms with van der Waals surface area (Å²) < 4.78 is 0. The molecule has 2 bridgehead atoms. The summed E-state index contributed by atoms with van der Waals surface area (Å²) in [4.78, 5) is 10.6. The SMILES string of the molecule is N[C@H](C(=O)O)C(O)C1CC2C=CC1C2. The van der Waals surface area contributed by atoms with E-state index in [9.17, 15) is 9.90 Å². The Morgan fingerprint density at radius 2 is 2.14 bits per heavy atom. The molecule has 4 N–H and O–H groups in total. The van der Waals surface area contributed by atoms with Gasteiger partial charge in [-0.1, -0.05) is 12.2 Å². The molecule has 2 aliphatic carbocycles.